The Kier molecular flexibility index (Phi) is 2.93. The van der Waals surface area contributed by atoms with E-state index in [0.29, 0.717) is 0 Å². The van der Waals surface area contributed by atoms with Gasteiger partial charge in [-0.2, -0.15) is 0 Å². The van der Waals surface area contributed by atoms with Crippen LogP contribution in [0.1, 0.15) is 10.4 Å². The highest BCUT2D eigenvalue weighted by Crippen LogP contribution is 2.31. The van der Waals surface area contributed by atoms with Crippen LogP contribution in [0.4, 0.5) is 21.5 Å². The molecule has 0 bridgehead atoms. The SMILES string of the molecule is COC(=O)c1cc([N+](=O)[O-])c(N)c(F)c1N. The molecular weight excluding hydrogens is 221 g/mol. The number of ether oxygens (including phenoxy) is 1. The maximum atomic E-state index is 13.3. The van der Waals surface area contributed by atoms with Gasteiger partial charge in [0.15, 0.2) is 5.82 Å². The van der Waals surface area contributed by atoms with Crippen LogP contribution >= 0.6 is 0 Å². The van der Waals surface area contributed by atoms with E-state index in [4.69, 9.17) is 11.5 Å². The molecule has 1 aromatic carbocycles. The molecule has 0 radical (unpaired) electrons. The lowest BCUT2D eigenvalue weighted by Crippen LogP contribution is -2.11. The van der Waals surface area contributed by atoms with Crippen molar-refractivity contribution in [3.05, 3.63) is 27.6 Å². The largest absolute Gasteiger partial charge is 0.465 e. The van der Waals surface area contributed by atoms with Crippen molar-refractivity contribution in [2.24, 2.45) is 0 Å². The van der Waals surface area contributed by atoms with Crippen LogP contribution in [0, 0.1) is 15.9 Å². The minimum Gasteiger partial charge on any atom is -0.465 e. The number of carbonyl (C=O) groups is 1. The standard InChI is InChI=1S/C8H8FN3O4/c1-16-8(13)3-2-4(12(14)15)7(11)5(9)6(3)10/h2H,10-11H2,1H3. The number of nitrogens with two attached hydrogens (primary N) is 2. The Morgan fingerprint density at radius 3 is 2.50 bits per heavy atom. The van der Waals surface area contributed by atoms with E-state index in [1.165, 1.54) is 0 Å². The number of rotatable bonds is 2. The zero-order valence-electron chi connectivity index (χ0n) is 8.19. The first kappa shape index (κ1) is 11.7. The van der Waals surface area contributed by atoms with Gasteiger partial charge in [-0.25, -0.2) is 9.18 Å². The molecule has 0 saturated carbocycles. The molecule has 0 fully saturated rings. The van der Waals surface area contributed by atoms with Gasteiger partial charge in [0.25, 0.3) is 5.69 Å². The molecule has 8 heteroatoms. The lowest BCUT2D eigenvalue weighted by Gasteiger charge is -2.07. The fourth-order valence-corrected chi connectivity index (χ4v) is 1.10. The van der Waals surface area contributed by atoms with Crippen LogP contribution in [-0.4, -0.2) is 18.0 Å². The van der Waals surface area contributed by atoms with Gasteiger partial charge >= 0.3 is 5.97 Å². The quantitative estimate of drug-likeness (QED) is 0.333. The smallest absolute Gasteiger partial charge is 0.340 e. The van der Waals surface area contributed by atoms with E-state index in [9.17, 15) is 19.3 Å². The summed E-state index contributed by atoms with van der Waals surface area (Å²) in [6.07, 6.45) is 0. The Morgan fingerprint density at radius 1 is 1.50 bits per heavy atom. The zero-order chi connectivity index (χ0) is 12.5. The molecule has 4 N–H and O–H groups in total. The predicted molar refractivity (Wildman–Crippen MR) is 53.2 cm³/mol. The highest BCUT2D eigenvalue weighted by atomic mass is 19.1. The molecule has 7 nitrogen and oxygen atoms in total. The highest BCUT2D eigenvalue weighted by Gasteiger charge is 2.25. The maximum absolute atomic E-state index is 13.3. The number of esters is 1. The number of benzene rings is 1. The molecule has 0 aliphatic rings. The lowest BCUT2D eigenvalue weighted by molar-refractivity contribution is -0.384. The van der Waals surface area contributed by atoms with Crippen molar-refractivity contribution < 1.29 is 18.8 Å². The van der Waals surface area contributed by atoms with Crippen LogP contribution in [0.3, 0.4) is 0 Å². The molecule has 16 heavy (non-hydrogen) atoms. The first-order chi connectivity index (χ1) is 7.40. The van der Waals surface area contributed by atoms with Crippen LogP contribution in [0.25, 0.3) is 0 Å². The Hall–Kier alpha value is -2.38. The summed E-state index contributed by atoms with van der Waals surface area (Å²) in [5.41, 5.74) is 7.95. The second-order valence-electron chi connectivity index (χ2n) is 2.83. The van der Waals surface area contributed by atoms with Gasteiger partial charge in [0.2, 0.25) is 0 Å². The summed E-state index contributed by atoms with van der Waals surface area (Å²) in [5.74, 6) is -2.17. The molecule has 1 aromatic rings. The van der Waals surface area contributed by atoms with Crippen molar-refractivity contribution in [2.45, 2.75) is 0 Å². The average Bonchev–Trinajstić information content (AvgIpc) is 2.25. The van der Waals surface area contributed by atoms with E-state index in [0.717, 1.165) is 13.2 Å². The Morgan fingerprint density at radius 2 is 2.06 bits per heavy atom. The van der Waals surface area contributed by atoms with Crippen molar-refractivity contribution >= 4 is 23.0 Å². The molecule has 0 aromatic heterocycles. The Labute approximate surface area is 88.9 Å². The van der Waals surface area contributed by atoms with Gasteiger partial charge in [-0.1, -0.05) is 0 Å². The maximum Gasteiger partial charge on any atom is 0.340 e. The fraction of sp³-hybridized carbons (Fsp3) is 0.125. The summed E-state index contributed by atoms with van der Waals surface area (Å²) in [5, 5.41) is 10.5. The molecule has 0 heterocycles. The fourth-order valence-electron chi connectivity index (χ4n) is 1.10. The van der Waals surface area contributed by atoms with Crippen molar-refractivity contribution in [2.75, 3.05) is 18.6 Å². The summed E-state index contributed by atoms with van der Waals surface area (Å²) in [6.45, 7) is 0. The van der Waals surface area contributed by atoms with Crippen molar-refractivity contribution in [3.8, 4) is 0 Å². The predicted octanol–water partition coefficient (Wildman–Crippen LogP) is 0.685. The van der Waals surface area contributed by atoms with E-state index < -0.39 is 39.3 Å². The van der Waals surface area contributed by atoms with Crippen molar-refractivity contribution in [1.82, 2.24) is 0 Å². The molecule has 0 aliphatic heterocycles. The molecule has 86 valence electrons. The molecule has 0 spiro atoms. The number of methoxy groups -OCH3 is 1. The minimum absolute atomic E-state index is 0.430. The first-order valence-corrected chi connectivity index (χ1v) is 4.00. The van der Waals surface area contributed by atoms with Crippen LogP contribution in [-0.2, 0) is 4.74 Å². The van der Waals surface area contributed by atoms with Crippen LogP contribution < -0.4 is 11.5 Å². The number of nitro benzene ring substituents is 1. The van der Waals surface area contributed by atoms with Crippen LogP contribution in [0.15, 0.2) is 6.07 Å². The molecule has 0 aliphatic carbocycles. The van der Waals surface area contributed by atoms with Gasteiger partial charge in [0.1, 0.15) is 5.69 Å². The highest BCUT2D eigenvalue weighted by molar-refractivity contribution is 5.97. The van der Waals surface area contributed by atoms with E-state index in [2.05, 4.69) is 4.74 Å². The topological polar surface area (TPSA) is 121 Å². The summed E-state index contributed by atoms with van der Waals surface area (Å²) in [6, 6.07) is 0.777. The van der Waals surface area contributed by atoms with Crippen molar-refractivity contribution in [1.29, 1.82) is 0 Å². The van der Waals surface area contributed by atoms with E-state index in [1.54, 1.807) is 0 Å². The van der Waals surface area contributed by atoms with Gasteiger partial charge in [-0.15, -0.1) is 0 Å². The van der Waals surface area contributed by atoms with Crippen molar-refractivity contribution in [3.63, 3.8) is 0 Å². The molecule has 0 atom stereocenters. The number of carbonyl (C=O) groups excluding carboxylic acids is 1. The Balaban J connectivity index is 3.53. The van der Waals surface area contributed by atoms with Crippen LogP contribution in [0.5, 0.6) is 0 Å². The minimum atomic E-state index is -1.20. The third-order valence-electron chi connectivity index (χ3n) is 1.92. The Bertz CT molecular complexity index is 475. The normalized spacial score (nSPS) is 9.88. The van der Waals surface area contributed by atoms with Gasteiger partial charge in [-0.05, 0) is 0 Å². The second kappa shape index (κ2) is 4.01. The van der Waals surface area contributed by atoms with Crippen LogP contribution in [0.2, 0.25) is 0 Å². The zero-order valence-corrected chi connectivity index (χ0v) is 8.19. The molecule has 1 rings (SSSR count). The van der Waals surface area contributed by atoms with Gasteiger partial charge < -0.3 is 16.2 Å². The molecular formula is C8H8FN3O4. The number of nitrogen functional groups attached to an aromatic ring is 2. The number of anilines is 2. The number of nitro groups is 1. The number of hydrogen-bond acceptors (Lipinski definition) is 6. The second-order valence-corrected chi connectivity index (χ2v) is 2.83. The first-order valence-electron chi connectivity index (χ1n) is 4.00. The van der Waals surface area contributed by atoms with Gasteiger partial charge in [0, 0.05) is 6.07 Å². The monoisotopic (exact) mass is 229 g/mol. The summed E-state index contributed by atoms with van der Waals surface area (Å²) in [4.78, 5) is 20.7. The third kappa shape index (κ3) is 1.72. The summed E-state index contributed by atoms with van der Waals surface area (Å²) < 4.78 is 17.6. The van der Waals surface area contributed by atoms with E-state index in [1.807, 2.05) is 0 Å². The summed E-state index contributed by atoms with van der Waals surface area (Å²) in [7, 11) is 1.04. The number of nitrogens with zero attached hydrogens (tertiary/aromatic N) is 1. The molecule has 0 unspecified atom stereocenters. The van der Waals surface area contributed by atoms with E-state index in [-0.39, 0.29) is 0 Å². The average molecular weight is 229 g/mol. The van der Waals surface area contributed by atoms with Gasteiger partial charge in [0.05, 0.1) is 23.3 Å². The molecule has 0 saturated heterocycles. The summed E-state index contributed by atoms with van der Waals surface area (Å²) >= 11 is 0. The molecule has 0 amide bonds. The number of hydrogen-bond donors (Lipinski definition) is 2. The third-order valence-corrected chi connectivity index (χ3v) is 1.92. The van der Waals surface area contributed by atoms with Gasteiger partial charge in [-0.3, -0.25) is 10.1 Å². The number of halogens is 1. The lowest BCUT2D eigenvalue weighted by atomic mass is 10.1. The van der Waals surface area contributed by atoms with E-state index >= 15 is 0 Å².